The van der Waals surface area contributed by atoms with Crippen LogP contribution in [0.2, 0.25) is 5.02 Å². The molecule has 0 unspecified atom stereocenters. The molecule has 6 nitrogen and oxygen atoms in total. The third-order valence-electron chi connectivity index (χ3n) is 3.93. The summed E-state index contributed by atoms with van der Waals surface area (Å²) in [6.45, 7) is 4.91. The summed E-state index contributed by atoms with van der Waals surface area (Å²) in [6.07, 6.45) is 0.803. The molecule has 0 saturated carbocycles. The van der Waals surface area contributed by atoms with Gasteiger partial charge in [-0.05, 0) is 31.0 Å². The van der Waals surface area contributed by atoms with E-state index in [0.29, 0.717) is 18.5 Å². The van der Waals surface area contributed by atoms with Gasteiger partial charge in [-0.15, -0.1) is 0 Å². The van der Waals surface area contributed by atoms with Crippen LogP contribution in [0, 0.1) is 5.41 Å². The van der Waals surface area contributed by atoms with Crippen LogP contribution in [0.25, 0.3) is 0 Å². The maximum Gasteiger partial charge on any atom is 0.311 e. The number of rotatable bonds is 7. The summed E-state index contributed by atoms with van der Waals surface area (Å²) in [5, 5.41) is 14.8. The van der Waals surface area contributed by atoms with E-state index in [4.69, 9.17) is 11.6 Å². The van der Waals surface area contributed by atoms with Crippen molar-refractivity contribution in [2.45, 2.75) is 33.6 Å². The minimum atomic E-state index is -1.00. The van der Waals surface area contributed by atoms with Gasteiger partial charge in [-0.25, -0.2) is 0 Å². The van der Waals surface area contributed by atoms with Crippen LogP contribution in [0.15, 0.2) is 18.2 Å². The lowest BCUT2D eigenvalue weighted by molar-refractivity contribution is -0.149. The van der Waals surface area contributed by atoms with Crippen molar-refractivity contribution in [3.63, 3.8) is 0 Å². The monoisotopic (exact) mass is 340 g/mol. The normalized spacial score (nSPS) is 11.0. The van der Waals surface area contributed by atoms with Gasteiger partial charge in [0, 0.05) is 19.2 Å². The summed E-state index contributed by atoms with van der Waals surface area (Å²) in [6, 6.07) is 4.55. The number of hydrogen-bond donors (Lipinski definition) is 3. The Labute approximate surface area is 140 Å². The van der Waals surface area contributed by atoms with Gasteiger partial charge in [-0.3, -0.25) is 14.4 Å². The highest BCUT2D eigenvalue weighted by molar-refractivity contribution is 6.34. The molecule has 126 valence electrons. The van der Waals surface area contributed by atoms with E-state index >= 15 is 0 Å². The zero-order chi connectivity index (χ0) is 17.6. The Morgan fingerprint density at radius 1 is 1.22 bits per heavy atom. The average molecular weight is 341 g/mol. The summed E-state index contributed by atoms with van der Waals surface area (Å²) in [5.74, 6) is -1.68. The van der Waals surface area contributed by atoms with Crippen LogP contribution in [-0.4, -0.2) is 29.4 Å². The molecule has 0 aliphatic carbocycles. The lowest BCUT2D eigenvalue weighted by Gasteiger charge is -2.26. The second-order valence-electron chi connectivity index (χ2n) is 5.35. The fourth-order valence-electron chi connectivity index (χ4n) is 2.20. The van der Waals surface area contributed by atoms with E-state index in [1.807, 2.05) is 0 Å². The van der Waals surface area contributed by atoms with Crippen LogP contribution < -0.4 is 10.6 Å². The molecule has 0 spiro atoms. The van der Waals surface area contributed by atoms with E-state index in [0.717, 1.165) is 0 Å². The molecule has 23 heavy (non-hydrogen) atoms. The molecule has 1 aromatic rings. The maximum absolute atomic E-state index is 12.3. The lowest BCUT2D eigenvalue weighted by atomic mass is 9.82. The van der Waals surface area contributed by atoms with Gasteiger partial charge in [0.25, 0.3) is 5.91 Å². The second-order valence-corrected chi connectivity index (χ2v) is 5.76. The highest BCUT2D eigenvalue weighted by Gasteiger charge is 2.35. The molecule has 7 heteroatoms. The summed E-state index contributed by atoms with van der Waals surface area (Å²) < 4.78 is 0. The molecule has 0 aromatic heterocycles. The first-order valence-electron chi connectivity index (χ1n) is 7.34. The Hall–Kier alpha value is -2.08. The first-order valence-corrected chi connectivity index (χ1v) is 7.72. The zero-order valence-corrected chi connectivity index (χ0v) is 14.2. The molecule has 0 aliphatic rings. The highest BCUT2D eigenvalue weighted by Crippen LogP contribution is 2.26. The predicted octanol–water partition coefficient (Wildman–Crippen LogP) is 2.92. The van der Waals surface area contributed by atoms with Crippen LogP contribution in [0.4, 0.5) is 5.69 Å². The van der Waals surface area contributed by atoms with E-state index < -0.39 is 17.3 Å². The molecule has 0 saturated heterocycles. The standard InChI is InChI=1S/C16H21ClN2O4/c1-4-16(5-2,15(22)23)9-18-14(21)12-8-11(19-10(3)20)6-7-13(12)17/h6-8H,4-5,9H2,1-3H3,(H,18,21)(H,19,20)(H,22,23). The van der Waals surface area contributed by atoms with Gasteiger partial charge in [0.2, 0.25) is 5.91 Å². The van der Waals surface area contributed by atoms with Gasteiger partial charge < -0.3 is 15.7 Å². The van der Waals surface area contributed by atoms with Crippen LogP contribution >= 0.6 is 11.6 Å². The number of halogens is 1. The first kappa shape index (κ1) is 19.0. The number of aliphatic carboxylic acids is 1. The number of carboxylic acid groups (broad SMARTS) is 1. The van der Waals surface area contributed by atoms with E-state index in [2.05, 4.69) is 10.6 Å². The lowest BCUT2D eigenvalue weighted by Crippen LogP contribution is -2.42. The van der Waals surface area contributed by atoms with Crippen molar-refractivity contribution < 1.29 is 19.5 Å². The van der Waals surface area contributed by atoms with E-state index in [1.54, 1.807) is 19.9 Å². The number of carbonyl (C=O) groups is 3. The van der Waals surface area contributed by atoms with Crippen molar-refractivity contribution in [2.24, 2.45) is 5.41 Å². The minimum Gasteiger partial charge on any atom is -0.481 e. The molecule has 0 bridgehead atoms. The van der Waals surface area contributed by atoms with Crippen molar-refractivity contribution >= 4 is 35.1 Å². The first-order chi connectivity index (χ1) is 10.8. The number of amides is 2. The summed E-state index contributed by atoms with van der Waals surface area (Å²) in [4.78, 5) is 34.8. The molecule has 3 N–H and O–H groups in total. The minimum absolute atomic E-state index is 0.00879. The Morgan fingerprint density at radius 2 is 1.83 bits per heavy atom. The average Bonchev–Trinajstić information content (AvgIpc) is 2.49. The van der Waals surface area contributed by atoms with Crippen LogP contribution in [0.3, 0.4) is 0 Å². The molecular formula is C16H21ClN2O4. The third kappa shape index (κ3) is 4.69. The quantitative estimate of drug-likeness (QED) is 0.711. The second kappa shape index (κ2) is 7.97. The Kier molecular flexibility index (Phi) is 6.57. The van der Waals surface area contributed by atoms with E-state index in [1.165, 1.54) is 19.1 Å². The third-order valence-corrected chi connectivity index (χ3v) is 4.26. The van der Waals surface area contributed by atoms with Crippen molar-refractivity contribution in [3.8, 4) is 0 Å². The summed E-state index contributed by atoms with van der Waals surface area (Å²) in [7, 11) is 0. The van der Waals surface area contributed by atoms with Crippen molar-refractivity contribution in [1.82, 2.24) is 5.32 Å². The van der Waals surface area contributed by atoms with Gasteiger partial charge in [-0.2, -0.15) is 0 Å². The molecular weight excluding hydrogens is 320 g/mol. The van der Waals surface area contributed by atoms with E-state index in [-0.39, 0.29) is 23.0 Å². The van der Waals surface area contributed by atoms with Gasteiger partial charge in [0.05, 0.1) is 16.0 Å². The number of carboxylic acids is 1. The topological polar surface area (TPSA) is 95.5 Å². The SMILES string of the molecule is CCC(CC)(CNC(=O)c1cc(NC(C)=O)ccc1Cl)C(=O)O. The number of hydrogen-bond acceptors (Lipinski definition) is 3. The molecule has 1 rings (SSSR count). The fraction of sp³-hybridized carbons (Fsp3) is 0.438. The van der Waals surface area contributed by atoms with Gasteiger partial charge in [-0.1, -0.05) is 25.4 Å². The number of benzene rings is 1. The molecule has 0 heterocycles. The Morgan fingerprint density at radius 3 is 2.30 bits per heavy atom. The summed E-state index contributed by atoms with van der Waals surface area (Å²) >= 11 is 6.02. The predicted molar refractivity (Wildman–Crippen MR) is 88.7 cm³/mol. The van der Waals surface area contributed by atoms with Gasteiger partial charge in [0.15, 0.2) is 0 Å². The summed E-state index contributed by atoms with van der Waals surface area (Å²) in [5.41, 5.74) is -0.371. The van der Waals surface area contributed by atoms with Crippen LogP contribution in [-0.2, 0) is 9.59 Å². The smallest absolute Gasteiger partial charge is 0.311 e. The highest BCUT2D eigenvalue weighted by atomic mass is 35.5. The fourth-order valence-corrected chi connectivity index (χ4v) is 2.41. The molecule has 2 amide bonds. The van der Waals surface area contributed by atoms with Gasteiger partial charge >= 0.3 is 5.97 Å². The van der Waals surface area contributed by atoms with Crippen LogP contribution in [0.5, 0.6) is 0 Å². The number of carbonyl (C=O) groups excluding carboxylic acids is 2. The molecule has 0 fully saturated rings. The molecule has 0 radical (unpaired) electrons. The van der Waals surface area contributed by atoms with Crippen molar-refractivity contribution in [3.05, 3.63) is 28.8 Å². The van der Waals surface area contributed by atoms with Crippen molar-refractivity contribution in [2.75, 3.05) is 11.9 Å². The molecule has 0 atom stereocenters. The number of nitrogens with one attached hydrogen (secondary N) is 2. The van der Waals surface area contributed by atoms with Crippen molar-refractivity contribution in [1.29, 1.82) is 0 Å². The Bertz CT molecular complexity index is 612. The van der Waals surface area contributed by atoms with Crippen LogP contribution in [0.1, 0.15) is 44.0 Å². The zero-order valence-electron chi connectivity index (χ0n) is 13.4. The largest absolute Gasteiger partial charge is 0.481 e. The Balaban J connectivity index is 2.93. The van der Waals surface area contributed by atoms with Gasteiger partial charge in [0.1, 0.15) is 0 Å². The maximum atomic E-state index is 12.3. The molecule has 0 aliphatic heterocycles. The molecule has 1 aromatic carbocycles. The number of anilines is 1. The van der Waals surface area contributed by atoms with E-state index in [9.17, 15) is 19.5 Å².